The molecule has 1 heterocycles. The monoisotopic (exact) mass is 390 g/mol. The predicted octanol–water partition coefficient (Wildman–Crippen LogP) is 3.34. The Morgan fingerprint density at radius 1 is 1.26 bits per heavy atom. The molecule has 0 fully saturated rings. The Kier molecular flexibility index (Phi) is 5.41. The average molecular weight is 390 g/mol. The number of benzene rings is 1. The fraction of sp³-hybridized carbons (Fsp3) is 0.333. The topological polar surface area (TPSA) is 108 Å². The van der Waals surface area contributed by atoms with Gasteiger partial charge in [0, 0.05) is 17.0 Å². The summed E-state index contributed by atoms with van der Waals surface area (Å²) in [7, 11) is 1.31. The Morgan fingerprint density at radius 2 is 1.96 bits per heavy atom. The van der Waals surface area contributed by atoms with Crippen molar-refractivity contribution in [1.82, 2.24) is 0 Å². The lowest BCUT2D eigenvalue weighted by Gasteiger charge is -2.14. The number of rotatable bonds is 6. The lowest BCUT2D eigenvalue weighted by Crippen LogP contribution is -2.30. The van der Waals surface area contributed by atoms with Crippen molar-refractivity contribution in [3.8, 4) is 5.75 Å². The minimum atomic E-state index is -0.853. The highest BCUT2D eigenvalue weighted by atomic mass is 32.1. The molecule has 1 unspecified atom stereocenters. The van der Waals surface area contributed by atoms with E-state index < -0.39 is 22.9 Å². The van der Waals surface area contributed by atoms with Crippen molar-refractivity contribution in [3.63, 3.8) is 0 Å². The number of aryl methyl sites for hydroxylation is 1. The Morgan fingerprint density at radius 3 is 2.59 bits per heavy atom. The first-order valence-corrected chi connectivity index (χ1v) is 9.17. The van der Waals surface area contributed by atoms with Gasteiger partial charge < -0.3 is 14.8 Å². The van der Waals surface area contributed by atoms with Crippen LogP contribution in [-0.2, 0) is 22.4 Å². The maximum atomic E-state index is 12.5. The number of amides is 1. The summed E-state index contributed by atoms with van der Waals surface area (Å²) in [5.74, 6) is -0.544. The number of carbonyl (C=O) groups is 2. The van der Waals surface area contributed by atoms with E-state index in [0.29, 0.717) is 16.3 Å². The van der Waals surface area contributed by atoms with Crippen LogP contribution < -0.4 is 10.1 Å². The van der Waals surface area contributed by atoms with Gasteiger partial charge in [-0.25, -0.2) is 4.79 Å². The number of nitro benzene ring substituents is 1. The number of anilines is 1. The Bertz CT molecular complexity index is 890. The maximum Gasteiger partial charge on any atom is 0.341 e. The van der Waals surface area contributed by atoms with Crippen molar-refractivity contribution in [2.75, 3.05) is 12.4 Å². The molecule has 9 heteroatoms. The number of nitrogens with zero attached hydrogens (tertiary/aromatic N) is 1. The lowest BCUT2D eigenvalue weighted by molar-refractivity contribution is -0.384. The van der Waals surface area contributed by atoms with Gasteiger partial charge in [0.1, 0.15) is 10.8 Å². The first-order valence-electron chi connectivity index (χ1n) is 8.35. The minimum absolute atomic E-state index is 0.0599. The van der Waals surface area contributed by atoms with E-state index in [-0.39, 0.29) is 5.69 Å². The highest BCUT2D eigenvalue weighted by molar-refractivity contribution is 7.17. The molecule has 1 aliphatic rings. The molecule has 0 bridgehead atoms. The molecule has 0 radical (unpaired) electrons. The zero-order valence-corrected chi connectivity index (χ0v) is 15.6. The third-order valence-electron chi connectivity index (χ3n) is 4.28. The number of nitro groups is 1. The summed E-state index contributed by atoms with van der Waals surface area (Å²) < 4.78 is 10.4. The number of carbonyl (C=O) groups excluding carboxylic acids is 2. The molecule has 1 amide bonds. The van der Waals surface area contributed by atoms with Gasteiger partial charge in [-0.1, -0.05) is 0 Å². The molecule has 0 saturated carbocycles. The van der Waals surface area contributed by atoms with Crippen molar-refractivity contribution >= 4 is 33.9 Å². The molecule has 0 aliphatic heterocycles. The molecular formula is C18H18N2O6S. The van der Waals surface area contributed by atoms with Gasteiger partial charge in [-0.15, -0.1) is 11.3 Å². The molecular weight excluding hydrogens is 372 g/mol. The van der Waals surface area contributed by atoms with Crippen LogP contribution in [0.1, 0.15) is 34.1 Å². The normalized spacial score (nSPS) is 13.6. The van der Waals surface area contributed by atoms with E-state index in [9.17, 15) is 19.7 Å². The molecule has 1 atom stereocenters. The van der Waals surface area contributed by atoms with Crippen molar-refractivity contribution in [2.24, 2.45) is 0 Å². The smallest absolute Gasteiger partial charge is 0.341 e. The highest BCUT2D eigenvalue weighted by Gasteiger charge is 2.29. The molecule has 1 aliphatic carbocycles. The van der Waals surface area contributed by atoms with Crippen molar-refractivity contribution < 1.29 is 24.0 Å². The van der Waals surface area contributed by atoms with Gasteiger partial charge in [-0.3, -0.25) is 14.9 Å². The number of methoxy groups -OCH3 is 1. The van der Waals surface area contributed by atoms with Gasteiger partial charge in [0.2, 0.25) is 0 Å². The zero-order chi connectivity index (χ0) is 19.6. The first-order chi connectivity index (χ1) is 12.9. The summed E-state index contributed by atoms with van der Waals surface area (Å²) in [6.45, 7) is 1.57. The number of esters is 1. The van der Waals surface area contributed by atoms with E-state index in [1.54, 1.807) is 6.92 Å². The van der Waals surface area contributed by atoms with Gasteiger partial charge >= 0.3 is 5.97 Å². The number of thiophene rings is 1. The van der Waals surface area contributed by atoms with Crippen LogP contribution in [0.4, 0.5) is 10.7 Å². The van der Waals surface area contributed by atoms with Crippen LogP contribution in [0, 0.1) is 10.1 Å². The van der Waals surface area contributed by atoms with Crippen LogP contribution in [0.5, 0.6) is 5.75 Å². The van der Waals surface area contributed by atoms with Crippen LogP contribution in [0.25, 0.3) is 0 Å². The average Bonchev–Trinajstić information content (AvgIpc) is 3.22. The number of non-ortho nitro benzene ring substituents is 1. The molecule has 1 aromatic carbocycles. The van der Waals surface area contributed by atoms with Gasteiger partial charge in [0.15, 0.2) is 6.10 Å². The zero-order valence-electron chi connectivity index (χ0n) is 14.8. The van der Waals surface area contributed by atoms with E-state index >= 15 is 0 Å². The second-order valence-electron chi connectivity index (χ2n) is 6.05. The van der Waals surface area contributed by atoms with Crippen molar-refractivity contribution in [3.05, 3.63) is 50.4 Å². The third kappa shape index (κ3) is 3.92. The van der Waals surface area contributed by atoms with E-state index in [4.69, 9.17) is 9.47 Å². The third-order valence-corrected chi connectivity index (χ3v) is 5.48. The summed E-state index contributed by atoms with van der Waals surface area (Å²) in [4.78, 5) is 35.9. The van der Waals surface area contributed by atoms with Crippen molar-refractivity contribution in [2.45, 2.75) is 32.3 Å². The lowest BCUT2D eigenvalue weighted by atomic mass is 10.1. The standard InChI is InChI=1S/C18H18N2O6S/c1-10(26-12-8-6-11(7-9-12)20(23)24)16(21)19-17-15(18(22)25-2)13-4-3-5-14(13)27-17/h6-10H,3-5H2,1-2H3,(H,19,21). The van der Waals surface area contributed by atoms with E-state index in [1.165, 1.54) is 42.7 Å². The first kappa shape index (κ1) is 18.8. The van der Waals surface area contributed by atoms with E-state index in [2.05, 4.69) is 5.32 Å². The maximum absolute atomic E-state index is 12.5. The fourth-order valence-corrected chi connectivity index (χ4v) is 4.21. The fourth-order valence-electron chi connectivity index (χ4n) is 2.93. The Labute approximate surface area is 159 Å². The van der Waals surface area contributed by atoms with Gasteiger partial charge in [0.05, 0.1) is 17.6 Å². The molecule has 0 saturated heterocycles. The molecule has 8 nitrogen and oxygen atoms in total. The van der Waals surface area contributed by atoms with E-state index in [0.717, 1.165) is 29.7 Å². The van der Waals surface area contributed by atoms with Crippen LogP contribution >= 0.6 is 11.3 Å². The summed E-state index contributed by atoms with van der Waals surface area (Å²) in [5.41, 5.74) is 1.31. The number of nitrogens with one attached hydrogen (secondary N) is 1. The summed E-state index contributed by atoms with van der Waals surface area (Å²) >= 11 is 1.39. The van der Waals surface area contributed by atoms with Gasteiger partial charge in [0.25, 0.3) is 11.6 Å². The van der Waals surface area contributed by atoms with Crippen LogP contribution in [0.2, 0.25) is 0 Å². The molecule has 0 spiro atoms. The van der Waals surface area contributed by atoms with E-state index in [1.807, 2.05) is 0 Å². The molecule has 27 heavy (non-hydrogen) atoms. The predicted molar refractivity (Wildman–Crippen MR) is 99.5 cm³/mol. The Balaban J connectivity index is 1.71. The molecule has 3 rings (SSSR count). The molecule has 1 aromatic heterocycles. The largest absolute Gasteiger partial charge is 0.481 e. The summed E-state index contributed by atoms with van der Waals surface area (Å²) in [6.07, 6.45) is 1.81. The SMILES string of the molecule is COC(=O)c1c(NC(=O)C(C)Oc2ccc([N+](=O)[O-])cc2)sc2c1CCC2. The number of fused-ring (bicyclic) bond motifs is 1. The number of hydrogen-bond acceptors (Lipinski definition) is 7. The summed E-state index contributed by atoms with van der Waals surface area (Å²) in [6, 6.07) is 5.47. The second-order valence-corrected chi connectivity index (χ2v) is 7.16. The quantitative estimate of drug-likeness (QED) is 0.460. The van der Waals surface area contributed by atoms with Crippen LogP contribution in [0.3, 0.4) is 0 Å². The van der Waals surface area contributed by atoms with Crippen LogP contribution in [-0.4, -0.2) is 30.0 Å². The van der Waals surface area contributed by atoms with Crippen molar-refractivity contribution in [1.29, 1.82) is 0 Å². The summed E-state index contributed by atoms with van der Waals surface area (Å²) in [5, 5.41) is 13.9. The number of ether oxygens (including phenoxy) is 2. The highest BCUT2D eigenvalue weighted by Crippen LogP contribution is 2.39. The molecule has 142 valence electrons. The Hall–Kier alpha value is -2.94. The minimum Gasteiger partial charge on any atom is -0.481 e. The number of hydrogen-bond donors (Lipinski definition) is 1. The molecule has 1 N–H and O–H groups in total. The molecule has 2 aromatic rings. The van der Waals surface area contributed by atoms with Crippen LogP contribution in [0.15, 0.2) is 24.3 Å². The van der Waals surface area contributed by atoms with Gasteiger partial charge in [-0.2, -0.15) is 0 Å². The second kappa shape index (κ2) is 7.75. The van der Waals surface area contributed by atoms with Gasteiger partial charge in [-0.05, 0) is 43.9 Å².